The average Bonchev–Trinajstić information content (AvgIpc) is 3.20. The van der Waals surface area contributed by atoms with Gasteiger partial charge in [0.1, 0.15) is 16.8 Å². The molecular weight excluding hydrogens is 676 g/mol. The summed E-state index contributed by atoms with van der Waals surface area (Å²) in [7, 11) is 0. The number of esters is 4. The fraction of sp³-hybridized carbons (Fsp3) is 0.907. The van der Waals surface area contributed by atoms with Gasteiger partial charge >= 0.3 is 23.9 Å². The molecule has 9 fully saturated rings. The lowest BCUT2D eigenvalue weighted by molar-refractivity contribution is -0.249. The Bertz CT molecular complexity index is 1470. The van der Waals surface area contributed by atoms with Gasteiger partial charge in [0.15, 0.2) is 0 Å². The summed E-state index contributed by atoms with van der Waals surface area (Å²) >= 11 is 0. The normalized spacial score (nSPS) is 43.2. The summed E-state index contributed by atoms with van der Waals surface area (Å²) in [6.45, 7) is 15.0. The lowest BCUT2D eigenvalue weighted by atomic mass is 9.43. The highest BCUT2D eigenvalue weighted by molar-refractivity contribution is 5.86. The number of hydrogen-bond donors (Lipinski definition) is 2. The highest BCUT2D eigenvalue weighted by Crippen LogP contribution is 2.67. The molecule has 1 saturated heterocycles. The summed E-state index contributed by atoms with van der Waals surface area (Å²) in [4.78, 5) is 55.3. The van der Waals surface area contributed by atoms with E-state index in [1.165, 1.54) is 0 Å². The molecule has 9 aliphatic rings. The summed E-state index contributed by atoms with van der Waals surface area (Å²) < 4.78 is 24.5. The second kappa shape index (κ2) is 12.9. The Morgan fingerprint density at radius 1 is 0.755 bits per heavy atom. The van der Waals surface area contributed by atoms with Crippen LogP contribution in [0, 0.1) is 52.8 Å². The number of hydrogen-bond acceptors (Lipinski definition) is 10. The Morgan fingerprint density at radius 2 is 1.30 bits per heavy atom. The number of rotatable bonds is 13. The van der Waals surface area contributed by atoms with Crippen LogP contribution in [0.1, 0.15) is 158 Å². The zero-order valence-electron chi connectivity index (χ0n) is 33.6. The van der Waals surface area contributed by atoms with Gasteiger partial charge in [0.05, 0.1) is 29.0 Å². The van der Waals surface area contributed by atoms with Crippen LogP contribution in [0.15, 0.2) is 0 Å². The standard InChI is InChI=1S/C43H66O10/c1-9-31(34(45)51-39(8,25(2)3)40-14-27-11-28(15-40)17-41(48,16-27)23-40)13-32(10-26(4)33(44)50-38(7)22-37(5,6)53-36(38)47)35(46)52-43-20-29-12-30(21-43)19-42(49,18-29)24-43/h25-32,48-49H,9-24H2,1-8H3. The van der Waals surface area contributed by atoms with Crippen molar-refractivity contribution in [3.05, 3.63) is 0 Å². The van der Waals surface area contributed by atoms with E-state index in [9.17, 15) is 29.4 Å². The first-order chi connectivity index (χ1) is 24.5. The van der Waals surface area contributed by atoms with E-state index >= 15 is 0 Å². The van der Waals surface area contributed by atoms with Crippen molar-refractivity contribution in [2.75, 3.05) is 0 Å². The molecule has 298 valence electrons. The van der Waals surface area contributed by atoms with Gasteiger partial charge < -0.3 is 29.2 Å². The lowest BCUT2D eigenvalue weighted by Crippen LogP contribution is -2.65. The van der Waals surface area contributed by atoms with Gasteiger partial charge in [-0.3, -0.25) is 14.4 Å². The minimum absolute atomic E-state index is 0.00914. The fourth-order valence-corrected chi connectivity index (χ4v) is 13.7. The zero-order valence-corrected chi connectivity index (χ0v) is 33.6. The van der Waals surface area contributed by atoms with Crippen molar-refractivity contribution in [3.63, 3.8) is 0 Å². The number of carbonyl (C=O) groups excluding carboxylic acids is 4. The number of ether oxygens (including phenoxy) is 4. The summed E-state index contributed by atoms with van der Waals surface area (Å²) in [5, 5.41) is 23.0. The predicted octanol–water partition coefficient (Wildman–Crippen LogP) is 6.99. The quantitative estimate of drug-likeness (QED) is 0.150. The zero-order chi connectivity index (χ0) is 38.6. The van der Waals surface area contributed by atoms with Gasteiger partial charge in [-0.05, 0) is 147 Å². The number of aliphatic hydroxyl groups is 2. The Balaban J connectivity index is 1.11. The summed E-state index contributed by atoms with van der Waals surface area (Å²) in [6.07, 6.45) is 10.6. The minimum atomic E-state index is -1.43. The monoisotopic (exact) mass is 742 g/mol. The molecule has 0 spiro atoms. The van der Waals surface area contributed by atoms with Crippen LogP contribution in [0.4, 0.5) is 0 Å². The van der Waals surface area contributed by atoms with Gasteiger partial charge in [0.25, 0.3) is 0 Å². The van der Waals surface area contributed by atoms with E-state index in [2.05, 4.69) is 20.8 Å². The van der Waals surface area contributed by atoms with Crippen LogP contribution in [0.5, 0.6) is 0 Å². The molecule has 10 heteroatoms. The second-order valence-electron chi connectivity index (χ2n) is 21.1. The van der Waals surface area contributed by atoms with E-state index in [4.69, 9.17) is 18.9 Å². The molecule has 0 amide bonds. The Morgan fingerprint density at radius 3 is 1.77 bits per heavy atom. The van der Waals surface area contributed by atoms with Crippen LogP contribution >= 0.6 is 0 Å². The molecule has 9 atom stereocenters. The van der Waals surface area contributed by atoms with Crippen LogP contribution in [0.25, 0.3) is 0 Å². The molecular formula is C43H66O10. The van der Waals surface area contributed by atoms with Crippen molar-refractivity contribution in [2.24, 2.45) is 52.8 Å². The molecule has 0 aromatic carbocycles. The molecule has 8 aliphatic carbocycles. The van der Waals surface area contributed by atoms with E-state index in [0.717, 1.165) is 64.2 Å². The third-order valence-corrected chi connectivity index (χ3v) is 15.4. The third kappa shape index (κ3) is 7.08. The largest absolute Gasteiger partial charge is 0.459 e. The lowest BCUT2D eigenvalue weighted by Gasteiger charge is -2.65. The SMILES string of the molecule is CCC(CC(CC(C)C(=O)OC1(C)CC(C)(C)OC1=O)C(=O)OC12CC3CC(CC(O)(C3)C1)C2)C(=O)OC(C)(C(C)C)C12CC3CC(CC(O)(C3)C1)C2. The van der Waals surface area contributed by atoms with Crippen molar-refractivity contribution in [3.8, 4) is 0 Å². The van der Waals surface area contributed by atoms with E-state index in [1.807, 2.05) is 6.92 Å². The molecule has 2 N–H and O–H groups in total. The van der Waals surface area contributed by atoms with Crippen LogP contribution in [0.3, 0.4) is 0 Å². The number of cyclic esters (lactones) is 1. The van der Waals surface area contributed by atoms with Crippen LogP contribution < -0.4 is 0 Å². The summed E-state index contributed by atoms with van der Waals surface area (Å²) in [6, 6.07) is 0. The van der Waals surface area contributed by atoms with Crippen molar-refractivity contribution in [2.45, 2.75) is 192 Å². The number of carbonyl (C=O) groups is 4. The second-order valence-corrected chi connectivity index (χ2v) is 21.1. The molecule has 8 saturated carbocycles. The smallest absolute Gasteiger partial charge is 0.351 e. The molecule has 9 rings (SSSR count). The van der Waals surface area contributed by atoms with Gasteiger partial charge in [-0.15, -0.1) is 0 Å². The van der Waals surface area contributed by atoms with Gasteiger partial charge in [-0.2, -0.15) is 0 Å². The molecule has 10 nitrogen and oxygen atoms in total. The summed E-state index contributed by atoms with van der Waals surface area (Å²) in [5.41, 5.74) is -5.58. The molecule has 1 aliphatic heterocycles. The highest BCUT2D eigenvalue weighted by Gasteiger charge is 2.66. The molecule has 0 radical (unpaired) electrons. The fourth-order valence-electron chi connectivity index (χ4n) is 13.7. The van der Waals surface area contributed by atoms with Crippen molar-refractivity contribution < 1.29 is 48.3 Å². The van der Waals surface area contributed by atoms with Crippen LogP contribution in [0.2, 0.25) is 0 Å². The first-order valence-electron chi connectivity index (χ1n) is 20.9. The Hall–Kier alpha value is -2.20. The first-order valence-corrected chi connectivity index (χ1v) is 20.9. The maximum Gasteiger partial charge on any atom is 0.351 e. The van der Waals surface area contributed by atoms with E-state index in [0.29, 0.717) is 42.9 Å². The van der Waals surface area contributed by atoms with Crippen LogP contribution in [-0.4, -0.2) is 67.7 Å². The first kappa shape index (κ1) is 39.1. The molecule has 53 heavy (non-hydrogen) atoms. The van der Waals surface area contributed by atoms with Gasteiger partial charge in [-0.25, -0.2) is 4.79 Å². The van der Waals surface area contributed by atoms with Crippen molar-refractivity contribution in [1.29, 1.82) is 0 Å². The highest BCUT2D eigenvalue weighted by atomic mass is 16.6. The maximum absolute atomic E-state index is 14.5. The van der Waals surface area contributed by atoms with Gasteiger partial charge in [0.2, 0.25) is 5.60 Å². The van der Waals surface area contributed by atoms with Gasteiger partial charge in [-0.1, -0.05) is 27.7 Å². The van der Waals surface area contributed by atoms with E-state index < -0.39 is 69.3 Å². The van der Waals surface area contributed by atoms with Crippen LogP contribution in [-0.2, 0) is 38.1 Å². The summed E-state index contributed by atoms with van der Waals surface area (Å²) in [5.74, 6) is -2.73. The van der Waals surface area contributed by atoms with Gasteiger partial charge in [0, 0.05) is 18.3 Å². The van der Waals surface area contributed by atoms with E-state index in [-0.39, 0.29) is 36.6 Å². The molecule has 0 aromatic heterocycles. The Labute approximate surface area is 316 Å². The van der Waals surface area contributed by atoms with Crippen molar-refractivity contribution in [1.82, 2.24) is 0 Å². The molecule has 8 bridgehead atoms. The predicted molar refractivity (Wildman–Crippen MR) is 195 cm³/mol. The average molecular weight is 743 g/mol. The minimum Gasteiger partial charge on any atom is -0.459 e. The topological polar surface area (TPSA) is 146 Å². The van der Waals surface area contributed by atoms with Crippen molar-refractivity contribution >= 4 is 23.9 Å². The maximum atomic E-state index is 14.5. The molecule has 1 heterocycles. The molecule has 0 aromatic rings. The molecule has 9 unspecified atom stereocenters. The Kier molecular flexibility index (Phi) is 9.52. The third-order valence-electron chi connectivity index (χ3n) is 15.4. The van der Waals surface area contributed by atoms with E-state index in [1.54, 1.807) is 27.7 Å².